The SMILES string of the molecule is COc1ccc(Cn2nc(C3=CCCN(C(=O)O)C3)c3c(Oc4ccc(Oc5ccccc5)cc4)ccnc32)cc1. The van der Waals surface area contributed by atoms with Gasteiger partial charge in [-0.05, 0) is 72.2 Å². The van der Waals surface area contributed by atoms with Gasteiger partial charge in [0, 0.05) is 12.7 Å². The molecule has 0 atom stereocenters. The molecule has 0 radical (unpaired) electrons. The van der Waals surface area contributed by atoms with Crippen LogP contribution in [0.3, 0.4) is 0 Å². The summed E-state index contributed by atoms with van der Waals surface area (Å²) >= 11 is 0. The average molecular weight is 549 g/mol. The third-order valence-corrected chi connectivity index (χ3v) is 6.84. The van der Waals surface area contributed by atoms with E-state index in [-0.39, 0.29) is 6.54 Å². The first-order valence-electron chi connectivity index (χ1n) is 13.2. The van der Waals surface area contributed by atoms with Crippen LogP contribution >= 0.6 is 0 Å². The van der Waals surface area contributed by atoms with E-state index in [1.54, 1.807) is 19.4 Å². The van der Waals surface area contributed by atoms with Crippen LogP contribution in [0.1, 0.15) is 17.7 Å². The van der Waals surface area contributed by atoms with Crippen molar-refractivity contribution in [2.45, 2.75) is 13.0 Å². The third-order valence-electron chi connectivity index (χ3n) is 6.84. The van der Waals surface area contributed by atoms with Crippen LogP contribution < -0.4 is 14.2 Å². The first-order chi connectivity index (χ1) is 20.1. The van der Waals surface area contributed by atoms with Crippen LogP contribution in [-0.4, -0.2) is 51.1 Å². The highest BCUT2D eigenvalue weighted by atomic mass is 16.5. The zero-order chi connectivity index (χ0) is 28.2. The minimum Gasteiger partial charge on any atom is -0.497 e. The maximum Gasteiger partial charge on any atom is 0.407 e. The molecule has 206 valence electrons. The number of methoxy groups -OCH3 is 1. The van der Waals surface area contributed by atoms with Crippen LogP contribution in [0.25, 0.3) is 16.6 Å². The van der Waals surface area contributed by atoms with Gasteiger partial charge in [-0.1, -0.05) is 36.4 Å². The van der Waals surface area contributed by atoms with Gasteiger partial charge in [-0.3, -0.25) is 0 Å². The second-order valence-electron chi connectivity index (χ2n) is 9.57. The minimum absolute atomic E-state index is 0.240. The van der Waals surface area contributed by atoms with Gasteiger partial charge in [0.15, 0.2) is 5.65 Å². The molecule has 0 bridgehead atoms. The Hall–Kier alpha value is -5.31. The van der Waals surface area contributed by atoms with Gasteiger partial charge in [-0.25, -0.2) is 14.5 Å². The number of rotatable bonds is 8. The first-order valence-corrected chi connectivity index (χ1v) is 13.2. The molecule has 9 nitrogen and oxygen atoms in total. The first kappa shape index (κ1) is 25.9. The summed E-state index contributed by atoms with van der Waals surface area (Å²) in [7, 11) is 1.63. The van der Waals surface area contributed by atoms with E-state index in [0.29, 0.717) is 48.1 Å². The topological polar surface area (TPSA) is 98.9 Å². The summed E-state index contributed by atoms with van der Waals surface area (Å²) < 4.78 is 19.4. The number of benzene rings is 3. The van der Waals surface area contributed by atoms with Crippen molar-refractivity contribution >= 4 is 22.7 Å². The van der Waals surface area contributed by atoms with Gasteiger partial charge in [0.25, 0.3) is 0 Å². The summed E-state index contributed by atoms with van der Waals surface area (Å²) in [6.45, 7) is 1.16. The van der Waals surface area contributed by atoms with Gasteiger partial charge < -0.3 is 24.2 Å². The van der Waals surface area contributed by atoms with Crippen molar-refractivity contribution in [1.29, 1.82) is 0 Å². The Balaban J connectivity index is 1.35. The number of nitrogens with zero attached hydrogens (tertiary/aromatic N) is 4. The van der Waals surface area contributed by atoms with E-state index in [1.165, 1.54) is 4.90 Å². The Morgan fingerprint density at radius 3 is 2.27 bits per heavy atom. The minimum atomic E-state index is -0.954. The molecule has 41 heavy (non-hydrogen) atoms. The number of ether oxygens (including phenoxy) is 3. The molecule has 6 rings (SSSR count). The van der Waals surface area contributed by atoms with Crippen LogP contribution in [0, 0.1) is 0 Å². The lowest BCUT2D eigenvalue weighted by atomic mass is 10.0. The highest BCUT2D eigenvalue weighted by Gasteiger charge is 2.25. The molecule has 0 fully saturated rings. The molecule has 3 heterocycles. The van der Waals surface area contributed by atoms with Crippen LogP contribution in [0.5, 0.6) is 28.7 Å². The van der Waals surface area contributed by atoms with Crippen molar-refractivity contribution in [1.82, 2.24) is 19.7 Å². The summed E-state index contributed by atoms with van der Waals surface area (Å²) in [6.07, 6.45) is 3.39. The van der Waals surface area contributed by atoms with Crippen LogP contribution in [0.2, 0.25) is 0 Å². The Kier molecular flexibility index (Phi) is 7.23. The van der Waals surface area contributed by atoms with Gasteiger partial charge in [0.05, 0.1) is 25.6 Å². The van der Waals surface area contributed by atoms with Crippen molar-refractivity contribution < 1.29 is 24.1 Å². The van der Waals surface area contributed by atoms with Gasteiger partial charge in [-0.2, -0.15) is 5.10 Å². The summed E-state index contributed by atoms with van der Waals surface area (Å²) in [6, 6.07) is 26.6. The summed E-state index contributed by atoms with van der Waals surface area (Å²) in [5.41, 5.74) is 3.15. The molecule has 0 unspecified atom stereocenters. The fourth-order valence-electron chi connectivity index (χ4n) is 4.80. The molecule has 9 heteroatoms. The largest absolute Gasteiger partial charge is 0.497 e. The molecular formula is C32H28N4O5. The fraction of sp³-hybridized carbons (Fsp3) is 0.156. The number of carbonyl (C=O) groups is 1. The number of fused-ring (bicyclic) bond motifs is 1. The van der Waals surface area contributed by atoms with E-state index in [0.717, 1.165) is 28.0 Å². The molecule has 1 aliphatic heterocycles. The van der Waals surface area contributed by atoms with E-state index in [4.69, 9.17) is 19.3 Å². The fourth-order valence-corrected chi connectivity index (χ4v) is 4.80. The number of amides is 1. The number of pyridine rings is 1. The lowest BCUT2D eigenvalue weighted by Crippen LogP contribution is -2.34. The Morgan fingerprint density at radius 2 is 1.56 bits per heavy atom. The zero-order valence-corrected chi connectivity index (χ0v) is 22.4. The third kappa shape index (κ3) is 5.69. The summed E-state index contributed by atoms with van der Waals surface area (Å²) in [5.74, 6) is 3.42. The zero-order valence-electron chi connectivity index (χ0n) is 22.4. The van der Waals surface area contributed by atoms with Crippen LogP contribution in [-0.2, 0) is 6.54 Å². The Bertz CT molecular complexity index is 1700. The van der Waals surface area contributed by atoms with Gasteiger partial charge in [-0.15, -0.1) is 0 Å². The van der Waals surface area contributed by atoms with E-state index in [9.17, 15) is 9.90 Å². The number of para-hydroxylation sites is 1. The lowest BCUT2D eigenvalue weighted by molar-refractivity contribution is 0.150. The number of aromatic nitrogens is 3. The van der Waals surface area contributed by atoms with E-state index < -0.39 is 6.09 Å². The maximum atomic E-state index is 11.8. The predicted molar refractivity (Wildman–Crippen MR) is 155 cm³/mol. The molecule has 0 saturated carbocycles. The predicted octanol–water partition coefficient (Wildman–Crippen LogP) is 6.84. The van der Waals surface area contributed by atoms with Gasteiger partial charge in [0.1, 0.15) is 34.4 Å². The maximum absolute atomic E-state index is 11.8. The highest BCUT2D eigenvalue weighted by molar-refractivity contribution is 5.94. The van der Waals surface area contributed by atoms with Crippen molar-refractivity contribution in [3.8, 4) is 28.7 Å². The van der Waals surface area contributed by atoms with Crippen molar-refractivity contribution in [2.24, 2.45) is 0 Å². The highest BCUT2D eigenvalue weighted by Crippen LogP contribution is 2.36. The van der Waals surface area contributed by atoms with Gasteiger partial charge in [0.2, 0.25) is 0 Å². The Labute approximate surface area is 236 Å². The molecule has 0 saturated heterocycles. The molecule has 0 spiro atoms. The standard InChI is InChI=1S/C32H28N4O5/c1-39-24-11-9-22(10-12-24)20-36-31-29(30(34-36)23-6-5-19-35(21-23)32(37)38)28(17-18-33-31)41-27-15-13-26(14-16-27)40-25-7-3-2-4-8-25/h2-4,6-18H,5,19-21H2,1H3,(H,37,38). The number of hydrogen-bond acceptors (Lipinski definition) is 6. The molecular weight excluding hydrogens is 520 g/mol. The summed E-state index contributed by atoms with van der Waals surface area (Å²) in [5, 5.41) is 15.3. The smallest absolute Gasteiger partial charge is 0.407 e. The molecule has 1 N–H and O–H groups in total. The normalized spacial score (nSPS) is 13.1. The molecule has 1 amide bonds. The van der Waals surface area contributed by atoms with Crippen molar-refractivity contribution in [2.75, 3.05) is 20.2 Å². The summed E-state index contributed by atoms with van der Waals surface area (Å²) in [4.78, 5) is 17.8. The van der Waals surface area contributed by atoms with Crippen molar-refractivity contribution in [3.63, 3.8) is 0 Å². The quantitative estimate of drug-likeness (QED) is 0.227. The average Bonchev–Trinajstić information content (AvgIpc) is 3.38. The number of carboxylic acid groups (broad SMARTS) is 1. The van der Waals surface area contributed by atoms with E-state index in [2.05, 4.69) is 4.98 Å². The second-order valence-corrected chi connectivity index (χ2v) is 9.57. The Morgan fingerprint density at radius 1 is 0.878 bits per heavy atom. The van der Waals surface area contributed by atoms with Crippen LogP contribution in [0.15, 0.2) is 97.2 Å². The van der Waals surface area contributed by atoms with Crippen LogP contribution in [0.4, 0.5) is 4.79 Å². The van der Waals surface area contributed by atoms with E-state index in [1.807, 2.05) is 89.6 Å². The van der Waals surface area contributed by atoms with E-state index >= 15 is 0 Å². The van der Waals surface area contributed by atoms with Crippen molar-refractivity contribution in [3.05, 3.63) is 108 Å². The number of hydrogen-bond donors (Lipinski definition) is 1. The lowest BCUT2D eigenvalue weighted by Gasteiger charge is -2.24. The molecule has 3 aromatic carbocycles. The molecule has 0 aliphatic carbocycles. The van der Waals surface area contributed by atoms with Gasteiger partial charge >= 0.3 is 6.09 Å². The second kappa shape index (κ2) is 11.4. The molecule has 1 aliphatic rings. The molecule has 5 aromatic rings. The monoisotopic (exact) mass is 548 g/mol. The molecule has 2 aromatic heterocycles.